The molecular weight excluding hydrogens is 320 g/mol. The molecule has 1 aromatic carbocycles. The number of aryl methyl sites for hydroxylation is 1. The minimum absolute atomic E-state index is 0.0487. The van der Waals surface area contributed by atoms with Gasteiger partial charge in [0.05, 0.1) is 19.0 Å². The van der Waals surface area contributed by atoms with Crippen molar-refractivity contribution in [2.45, 2.75) is 11.8 Å². The van der Waals surface area contributed by atoms with Gasteiger partial charge >= 0.3 is 0 Å². The van der Waals surface area contributed by atoms with Crippen LogP contribution in [0.25, 0.3) is 0 Å². The third kappa shape index (κ3) is 3.31. The maximum Gasteiger partial charge on any atom is 0.277 e. The molecule has 0 radical (unpaired) electrons. The van der Waals surface area contributed by atoms with E-state index in [0.29, 0.717) is 5.56 Å². The Morgan fingerprint density at radius 2 is 2.14 bits per heavy atom. The second-order valence-electron chi connectivity index (χ2n) is 4.09. The van der Waals surface area contributed by atoms with Crippen molar-refractivity contribution in [1.82, 2.24) is 15.4 Å². The lowest BCUT2D eigenvalue weighted by Crippen LogP contribution is -2.14. The summed E-state index contributed by atoms with van der Waals surface area (Å²) >= 11 is 0. The number of rotatable bonds is 4. The molecule has 10 heteroatoms. The smallest absolute Gasteiger partial charge is 0.277 e. The fraction of sp³-hybridized carbons (Fsp3) is 0.182. The van der Waals surface area contributed by atoms with Gasteiger partial charge in [0.15, 0.2) is 11.4 Å². The summed E-state index contributed by atoms with van der Waals surface area (Å²) in [5.41, 5.74) is 0.809. The Balaban J connectivity index is 2.49. The topological polar surface area (TPSA) is 114 Å². The fourth-order valence-corrected chi connectivity index (χ4v) is 2.81. The lowest BCUT2D eigenvalue weighted by molar-refractivity contribution is 0.102. The van der Waals surface area contributed by atoms with Crippen molar-refractivity contribution in [3.63, 3.8) is 0 Å². The van der Waals surface area contributed by atoms with Crippen molar-refractivity contribution in [2.24, 2.45) is 0 Å². The molecule has 0 atom stereocenters. The van der Waals surface area contributed by atoms with Gasteiger partial charge in [-0.2, -0.15) is 15.4 Å². The van der Waals surface area contributed by atoms with Crippen molar-refractivity contribution in [1.29, 1.82) is 0 Å². The van der Waals surface area contributed by atoms with Gasteiger partial charge in [-0.15, -0.1) is 0 Å². The third-order valence-corrected chi connectivity index (χ3v) is 3.89. The predicted molar refractivity (Wildman–Crippen MR) is 75.1 cm³/mol. The molecule has 1 aromatic heterocycles. The largest absolute Gasteiger partial charge is 0.493 e. The molecule has 0 aliphatic rings. The Labute approximate surface area is 124 Å². The molecule has 0 unspecified atom stereocenters. The summed E-state index contributed by atoms with van der Waals surface area (Å²) in [6.45, 7) is 1.66. The average molecular weight is 331 g/mol. The molecule has 2 aromatic rings. The number of aromatic nitrogens is 3. The summed E-state index contributed by atoms with van der Waals surface area (Å²) in [4.78, 5) is 11.7. The zero-order valence-electron chi connectivity index (χ0n) is 11.0. The maximum atomic E-state index is 11.9. The summed E-state index contributed by atoms with van der Waals surface area (Å²) in [7, 11) is 2.64. The molecule has 0 saturated carbocycles. The summed E-state index contributed by atoms with van der Waals surface area (Å²) in [6.07, 6.45) is 1.23. The monoisotopic (exact) mass is 330 g/mol. The summed E-state index contributed by atoms with van der Waals surface area (Å²) in [6, 6.07) is 2.91. The van der Waals surface area contributed by atoms with Gasteiger partial charge in [-0.25, -0.2) is 8.42 Å². The highest BCUT2D eigenvalue weighted by Crippen LogP contribution is 2.35. The van der Waals surface area contributed by atoms with Crippen LogP contribution in [0, 0.1) is 6.92 Å². The lowest BCUT2D eigenvalue weighted by atomic mass is 10.2. The van der Waals surface area contributed by atoms with E-state index >= 15 is 0 Å². The minimum Gasteiger partial charge on any atom is -0.493 e. The van der Waals surface area contributed by atoms with Gasteiger partial charge in [-0.1, -0.05) is 0 Å². The molecule has 1 heterocycles. The molecule has 0 aliphatic carbocycles. The fourth-order valence-electron chi connectivity index (χ4n) is 1.72. The number of anilines is 1. The van der Waals surface area contributed by atoms with Crippen LogP contribution in [-0.2, 0) is 9.05 Å². The van der Waals surface area contributed by atoms with Crippen LogP contribution in [-0.4, -0.2) is 36.8 Å². The Kier molecular flexibility index (Phi) is 4.14. The number of aromatic amines is 1. The van der Waals surface area contributed by atoms with Gasteiger partial charge in [0.2, 0.25) is 0 Å². The highest BCUT2D eigenvalue weighted by atomic mass is 35.7. The van der Waals surface area contributed by atoms with E-state index in [1.807, 2.05) is 0 Å². The van der Waals surface area contributed by atoms with E-state index in [-0.39, 0.29) is 22.0 Å². The van der Waals surface area contributed by atoms with Crippen molar-refractivity contribution in [3.05, 3.63) is 29.6 Å². The van der Waals surface area contributed by atoms with Crippen LogP contribution in [0.15, 0.2) is 23.2 Å². The molecule has 1 amide bonds. The number of hydrogen-bond donors (Lipinski definition) is 2. The maximum absolute atomic E-state index is 11.9. The van der Waals surface area contributed by atoms with Gasteiger partial charge in [0.1, 0.15) is 4.90 Å². The quantitative estimate of drug-likeness (QED) is 0.817. The second kappa shape index (κ2) is 5.70. The van der Waals surface area contributed by atoms with Crippen LogP contribution < -0.4 is 10.1 Å². The minimum atomic E-state index is -4.02. The number of methoxy groups -OCH3 is 1. The van der Waals surface area contributed by atoms with E-state index in [1.165, 1.54) is 19.4 Å². The number of carbonyl (C=O) groups is 1. The average Bonchev–Trinajstić information content (AvgIpc) is 2.91. The highest BCUT2D eigenvalue weighted by Gasteiger charge is 2.22. The number of amides is 1. The number of nitrogens with one attached hydrogen (secondary N) is 2. The zero-order valence-corrected chi connectivity index (χ0v) is 12.6. The van der Waals surface area contributed by atoms with Gasteiger partial charge in [-0.3, -0.25) is 4.79 Å². The van der Waals surface area contributed by atoms with Crippen LogP contribution in [0.3, 0.4) is 0 Å². The molecule has 0 aliphatic heterocycles. The van der Waals surface area contributed by atoms with E-state index in [4.69, 9.17) is 15.4 Å². The molecular formula is C11H11ClN4O4S. The Morgan fingerprint density at radius 1 is 1.43 bits per heavy atom. The van der Waals surface area contributed by atoms with Crippen molar-refractivity contribution < 1.29 is 17.9 Å². The van der Waals surface area contributed by atoms with Crippen LogP contribution in [0.5, 0.6) is 5.75 Å². The van der Waals surface area contributed by atoms with E-state index in [0.717, 1.165) is 0 Å². The van der Waals surface area contributed by atoms with Crippen LogP contribution >= 0.6 is 10.7 Å². The number of H-pyrrole nitrogens is 1. The van der Waals surface area contributed by atoms with Crippen molar-refractivity contribution in [2.75, 3.05) is 12.4 Å². The molecule has 112 valence electrons. The van der Waals surface area contributed by atoms with Crippen molar-refractivity contribution >= 4 is 31.3 Å². The van der Waals surface area contributed by atoms with E-state index in [1.54, 1.807) is 13.0 Å². The van der Waals surface area contributed by atoms with Gasteiger partial charge < -0.3 is 10.1 Å². The molecule has 2 rings (SSSR count). The Morgan fingerprint density at radius 3 is 2.67 bits per heavy atom. The standard InChI is InChI=1S/C11H11ClN4O4S/c1-6-3-7(14-11(17)8-5-13-16-15-8)10(20-2)9(4-6)21(12,18)19/h3-5H,1-2H3,(H,14,17)(H,13,15,16). The predicted octanol–water partition coefficient (Wildman–Crippen LogP) is 1.30. The van der Waals surface area contributed by atoms with Crippen molar-refractivity contribution in [3.8, 4) is 5.75 Å². The van der Waals surface area contributed by atoms with Crippen LogP contribution in [0.2, 0.25) is 0 Å². The Hall–Kier alpha value is -2.13. The first-order valence-corrected chi connectivity index (χ1v) is 7.94. The third-order valence-electron chi connectivity index (χ3n) is 2.56. The van der Waals surface area contributed by atoms with Crippen LogP contribution in [0.1, 0.15) is 16.1 Å². The first kappa shape index (κ1) is 15.3. The van der Waals surface area contributed by atoms with Gasteiger partial charge in [0.25, 0.3) is 15.0 Å². The first-order chi connectivity index (χ1) is 9.82. The highest BCUT2D eigenvalue weighted by molar-refractivity contribution is 8.13. The first-order valence-electron chi connectivity index (χ1n) is 5.63. The molecule has 21 heavy (non-hydrogen) atoms. The number of ether oxygens (including phenoxy) is 1. The molecule has 0 bridgehead atoms. The molecule has 0 fully saturated rings. The summed E-state index contributed by atoms with van der Waals surface area (Å²) in [5, 5.41) is 12.0. The summed E-state index contributed by atoms with van der Waals surface area (Å²) < 4.78 is 28.2. The number of carbonyl (C=O) groups excluding carboxylic acids is 1. The second-order valence-corrected chi connectivity index (χ2v) is 6.63. The number of nitrogens with zero attached hydrogens (tertiary/aromatic N) is 2. The van der Waals surface area contributed by atoms with E-state index < -0.39 is 15.0 Å². The summed E-state index contributed by atoms with van der Waals surface area (Å²) in [5.74, 6) is -0.613. The van der Waals surface area contributed by atoms with Gasteiger partial charge in [-0.05, 0) is 24.6 Å². The molecule has 0 spiro atoms. The SMILES string of the molecule is COc1c(NC(=O)c2cn[nH]n2)cc(C)cc1S(=O)(=O)Cl. The Bertz CT molecular complexity index is 774. The number of benzene rings is 1. The molecule has 2 N–H and O–H groups in total. The lowest BCUT2D eigenvalue weighted by Gasteiger charge is -2.13. The van der Waals surface area contributed by atoms with Crippen LogP contribution in [0.4, 0.5) is 5.69 Å². The normalized spacial score (nSPS) is 11.2. The molecule has 0 saturated heterocycles. The number of halogens is 1. The molecule has 8 nitrogen and oxygen atoms in total. The van der Waals surface area contributed by atoms with Gasteiger partial charge in [0, 0.05) is 10.7 Å². The van der Waals surface area contributed by atoms with E-state index in [9.17, 15) is 13.2 Å². The number of hydrogen-bond acceptors (Lipinski definition) is 6. The van der Waals surface area contributed by atoms with E-state index in [2.05, 4.69) is 20.7 Å². The zero-order chi connectivity index (χ0) is 15.6.